The maximum atomic E-state index is 12.4. The molecule has 23 heavy (non-hydrogen) atoms. The van der Waals surface area contributed by atoms with E-state index in [-0.39, 0.29) is 29.2 Å². The van der Waals surface area contributed by atoms with E-state index < -0.39 is 6.04 Å². The van der Waals surface area contributed by atoms with Crippen LogP contribution in [0.3, 0.4) is 0 Å². The first-order chi connectivity index (χ1) is 10.5. The average molecular weight is 318 g/mol. The predicted octanol–water partition coefficient (Wildman–Crippen LogP) is 3.26. The third-order valence-electron chi connectivity index (χ3n) is 3.68. The highest BCUT2D eigenvalue weighted by atomic mass is 16.2. The van der Waals surface area contributed by atoms with Crippen LogP contribution in [0.25, 0.3) is 0 Å². The molecule has 1 unspecified atom stereocenters. The van der Waals surface area contributed by atoms with Crippen LogP contribution in [0.1, 0.15) is 64.4 Å². The van der Waals surface area contributed by atoms with Crippen LogP contribution in [0, 0.1) is 5.92 Å². The zero-order chi connectivity index (χ0) is 17.8. The number of nitrogens with one attached hydrogen (secondary N) is 2. The van der Waals surface area contributed by atoms with Crippen molar-refractivity contribution in [2.45, 2.75) is 66.0 Å². The first-order valence-electron chi connectivity index (χ1n) is 8.24. The summed E-state index contributed by atoms with van der Waals surface area (Å²) in [5.74, 6) is -0.343. The van der Waals surface area contributed by atoms with E-state index in [1.807, 2.05) is 52.0 Å². The van der Waals surface area contributed by atoms with E-state index in [1.165, 1.54) is 5.56 Å². The molecular weight excluding hydrogens is 288 g/mol. The van der Waals surface area contributed by atoms with Crippen molar-refractivity contribution in [3.05, 3.63) is 35.4 Å². The zero-order valence-electron chi connectivity index (χ0n) is 15.4. The van der Waals surface area contributed by atoms with Crippen LogP contribution in [0.5, 0.6) is 0 Å². The molecule has 0 aliphatic rings. The highest BCUT2D eigenvalue weighted by Gasteiger charge is 2.25. The molecule has 0 saturated heterocycles. The lowest BCUT2D eigenvalue weighted by molar-refractivity contribution is -0.124. The van der Waals surface area contributed by atoms with E-state index >= 15 is 0 Å². The van der Waals surface area contributed by atoms with Gasteiger partial charge in [-0.05, 0) is 42.9 Å². The lowest BCUT2D eigenvalue weighted by atomic mass is 9.86. The van der Waals surface area contributed by atoms with Crippen molar-refractivity contribution in [2.75, 3.05) is 0 Å². The molecule has 0 aromatic heterocycles. The zero-order valence-corrected chi connectivity index (χ0v) is 15.4. The highest BCUT2D eigenvalue weighted by Crippen LogP contribution is 2.22. The van der Waals surface area contributed by atoms with E-state index in [2.05, 4.69) is 31.4 Å². The minimum absolute atomic E-state index is 0.0200. The van der Waals surface area contributed by atoms with Gasteiger partial charge in [0.05, 0.1) is 0 Å². The molecule has 0 radical (unpaired) electrons. The van der Waals surface area contributed by atoms with Crippen molar-refractivity contribution in [3.8, 4) is 0 Å². The van der Waals surface area contributed by atoms with Gasteiger partial charge in [0.15, 0.2) is 0 Å². The van der Waals surface area contributed by atoms with Crippen LogP contribution in [-0.4, -0.2) is 23.9 Å². The second kappa shape index (κ2) is 7.62. The van der Waals surface area contributed by atoms with E-state index in [0.717, 1.165) is 0 Å². The van der Waals surface area contributed by atoms with Gasteiger partial charge in [0, 0.05) is 11.6 Å². The van der Waals surface area contributed by atoms with Gasteiger partial charge in [-0.2, -0.15) is 0 Å². The Balaban J connectivity index is 2.85. The molecule has 1 aromatic carbocycles. The van der Waals surface area contributed by atoms with E-state index in [1.54, 1.807) is 0 Å². The summed E-state index contributed by atoms with van der Waals surface area (Å²) in [5.41, 5.74) is 1.79. The van der Waals surface area contributed by atoms with Crippen LogP contribution in [0.2, 0.25) is 0 Å². The molecule has 0 aliphatic carbocycles. The Labute approximate surface area is 140 Å². The van der Waals surface area contributed by atoms with E-state index in [9.17, 15) is 9.59 Å². The van der Waals surface area contributed by atoms with Crippen molar-refractivity contribution in [1.82, 2.24) is 10.6 Å². The molecule has 0 aliphatic heterocycles. The second-order valence-corrected chi connectivity index (χ2v) is 7.69. The number of benzene rings is 1. The highest BCUT2D eigenvalue weighted by molar-refractivity contribution is 5.97. The lowest BCUT2D eigenvalue weighted by Crippen LogP contribution is -2.51. The standard InChI is InChI=1S/C19H30N2O2/c1-12(2)16(18(23)20-13(3)4)21-17(22)14-8-10-15(11-9-14)19(5,6)7/h8-13,16H,1-7H3,(H,20,23)(H,21,22). The van der Waals surface area contributed by atoms with Gasteiger partial charge >= 0.3 is 0 Å². The Bertz CT molecular complexity index is 539. The summed E-state index contributed by atoms with van der Waals surface area (Å²) in [6.45, 7) is 14.1. The number of amides is 2. The molecule has 0 bridgehead atoms. The summed E-state index contributed by atoms with van der Waals surface area (Å²) in [4.78, 5) is 24.6. The smallest absolute Gasteiger partial charge is 0.251 e. The first-order valence-corrected chi connectivity index (χ1v) is 8.24. The van der Waals surface area contributed by atoms with Crippen molar-refractivity contribution in [3.63, 3.8) is 0 Å². The monoisotopic (exact) mass is 318 g/mol. The van der Waals surface area contributed by atoms with Crippen molar-refractivity contribution in [2.24, 2.45) is 5.92 Å². The van der Waals surface area contributed by atoms with Crippen LogP contribution in [0.4, 0.5) is 0 Å². The summed E-state index contributed by atoms with van der Waals surface area (Å²) in [7, 11) is 0. The van der Waals surface area contributed by atoms with Gasteiger partial charge in [-0.15, -0.1) is 0 Å². The van der Waals surface area contributed by atoms with Crippen LogP contribution >= 0.6 is 0 Å². The fourth-order valence-corrected chi connectivity index (χ4v) is 2.26. The largest absolute Gasteiger partial charge is 0.352 e. The molecule has 1 rings (SSSR count). The number of hydrogen-bond acceptors (Lipinski definition) is 2. The summed E-state index contributed by atoms with van der Waals surface area (Å²) in [6.07, 6.45) is 0. The molecule has 2 amide bonds. The Morgan fingerprint density at radius 2 is 1.43 bits per heavy atom. The van der Waals surface area contributed by atoms with Crippen LogP contribution in [0.15, 0.2) is 24.3 Å². The number of carbonyl (C=O) groups is 2. The van der Waals surface area contributed by atoms with Crippen LogP contribution < -0.4 is 10.6 Å². The summed E-state index contributed by atoms with van der Waals surface area (Å²) in [5, 5.41) is 5.70. The SMILES string of the molecule is CC(C)NC(=O)C(NC(=O)c1ccc(C(C)(C)C)cc1)C(C)C. The van der Waals surface area contributed by atoms with Gasteiger partial charge in [-0.3, -0.25) is 9.59 Å². The summed E-state index contributed by atoms with van der Waals surface area (Å²) >= 11 is 0. The van der Waals surface area contributed by atoms with Crippen LogP contribution in [-0.2, 0) is 10.2 Å². The Morgan fingerprint density at radius 3 is 1.83 bits per heavy atom. The van der Waals surface area contributed by atoms with Gasteiger partial charge in [0.2, 0.25) is 5.91 Å². The lowest BCUT2D eigenvalue weighted by Gasteiger charge is -2.23. The third-order valence-corrected chi connectivity index (χ3v) is 3.68. The average Bonchev–Trinajstić information content (AvgIpc) is 2.42. The number of carbonyl (C=O) groups excluding carboxylic acids is 2. The summed E-state index contributed by atoms with van der Waals surface area (Å²) < 4.78 is 0. The molecule has 128 valence electrons. The third kappa shape index (κ3) is 5.70. The van der Waals surface area contributed by atoms with Gasteiger partial charge < -0.3 is 10.6 Å². The molecule has 0 fully saturated rings. The minimum atomic E-state index is -0.535. The normalized spacial score (nSPS) is 13.1. The molecular formula is C19H30N2O2. The molecule has 1 aromatic rings. The topological polar surface area (TPSA) is 58.2 Å². The molecule has 0 spiro atoms. The fraction of sp³-hybridized carbons (Fsp3) is 0.579. The number of hydrogen-bond donors (Lipinski definition) is 2. The quantitative estimate of drug-likeness (QED) is 0.875. The maximum absolute atomic E-state index is 12.4. The van der Waals surface area contributed by atoms with Crippen molar-refractivity contribution < 1.29 is 9.59 Å². The second-order valence-electron chi connectivity index (χ2n) is 7.69. The molecule has 4 nitrogen and oxygen atoms in total. The first kappa shape index (κ1) is 19.2. The summed E-state index contributed by atoms with van der Waals surface area (Å²) in [6, 6.07) is 7.07. The molecule has 0 saturated carbocycles. The van der Waals surface area contributed by atoms with Crippen molar-refractivity contribution in [1.29, 1.82) is 0 Å². The number of rotatable bonds is 5. The van der Waals surface area contributed by atoms with Gasteiger partial charge in [-0.1, -0.05) is 46.8 Å². The van der Waals surface area contributed by atoms with Gasteiger partial charge in [0.25, 0.3) is 5.91 Å². The Morgan fingerprint density at radius 1 is 0.913 bits per heavy atom. The Hall–Kier alpha value is -1.84. The van der Waals surface area contributed by atoms with E-state index in [4.69, 9.17) is 0 Å². The molecule has 0 heterocycles. The predicted molar refractivity (Wildman–Crippen MR) is 94.5 cm³/mol. The van der Waals surface area contributed by atoms with Crippen molar-refractivity contribution >= 4 is 11.8 Å². The van der Waals surface area contributed by atoms with Gasteiger partial charge in [0.1, 0.15) is 6.04 Å². The van der Waals surface area contributed by atoms with Gasteiger partial charge in [-0.25, -0.2) is 0 Å². The Kier molecular flexibility index (Phi) is 6.37. The molecule has 1 atom stereocenters. The molecule has 2 N–H and O–H groups in total. The molecule has 4 heteroatoms. The minimum Gasteiger partial charge on any atom is -0.352 e. The maximum Gasteiger partial charge on any atom is 0.251 e. The fourth-order valence-electron chi connectivity index (χ4n) is 2.26. The van der Waals surface area contributed by atoms with E-state index in [0.29, 0.717) is 5.56 Å².